The van der Waals surface area contributed by atoms with Gasteiger partial charge >= 0.3 is 0 Å². The third-order valence-corrected chi connectivity index (χ3v) is 2.67. The first kappa shape index (κ1) is 10.5. The highest BCUT2D eigenvalue weighted by Crippen LogP contribution is 2.21. The Morgan fingerprint density at radius 1 is 1.17 bits per heavy atom. The Bertz CT molecular complexity index is 664. The molecule has 0 unspecified atom stereocenters. The number of anilines is 1. The van der Waals surface area contributed by atoms with Gasteiger partial charge < -0.3 is 5.73 Å². The highest BCUT2D eigenvalue weighted by molar-refractivity contribution is 5.61. The van der Waals surface area contributed by atoms with Gasteiger partial charge in [-0.1, -0.05) is 0 Å². The molecule has 0 amide bonds. The lowest BCUT2D eigenvalue weighted by Crippen LogP contribution is -1.98. The highest BCUT2D eigenvalue weighted by Gasteiger charge is 2.08. The fourth-order valence-electron chi connectivity index (χ4n) is 1.78. The molecule has 0 atom stereocenters. The molecule has 0 bridgehead atoms. The molecule has 0 aromatic carbocycles. The minimum Gasteiger partial charge on any atom is -0.384 e. The predicted molar refractivity (Wildman–Crippen MR) is 68.0 cm³/mol. The lowest BCUT2D eigenvalue weighted by molar-refractivity contribution is 0.751. The molecule has 3 aromatic rings. The maximum atomic E-state index is 5.58. The molecule has 6 heteroatoms. The van der Waals surface area contributed by atoms with Crippen molar-refractivity contribution in [2.45, 2.75) is 0 Å². The molecular formula is C12H12N6. The second-order valence-corrected chi connectivity index (χ2v) is 3.97. The number of nitrogens with two attached hydrogens (primary N) is 1. The minimum absolute atomic E-state index is 0.502. The summed E-state index contributed by atoms with van der Waals surface area (Å²) in [5.74, 6) is 1.32. The van der Waals surface area contributed by atoms with Crippen LogP contribution in [0.15, 0.2) is 43.1 Å². The van der Waals surface area contributed by atoms with E-state index in [9.17, 15) is 0 Å². The average Bonchev–Trinajstić information content (AvgIpc) is 2.98. The number of hydrogen-bond donors (Lipinski definition) is 1. The predicted octanol–water partition coefficient (Wildman–Crippen LogP) is 1.25. The van der Waals surface area contributed by atoms with Gasteiger partial charge in [-0.3, -0.25) is 9.25 Å². The molecule has 2 N–H and O–H groups in total. The first-order valence-corrected chi connectivity index (χ1v) is 5.48. The number of nitrogen functional groups attached to an aromatic ring is 1. The zero-order valence-corrected chi connectivity index (χ0v) is 9.85. The standard InChI is InChI=1S/C12H12N6/c1-17-5-4-12(16-17)18-8-14-7-10(18)9-2-3-11(13)15-6-9/h2-8H,1H3,(H2,13,15). The zero-order valence-electron chi connectivity index (χ0n) is 9.85. The van der Waals surface area contributed by atoms with Crippen LogP contribution in [0.4, 0.5) is 5.82 Å². The van der Waals surface area contributed by atoms with Crippen molar-refractivity contribution >= 4 is 5.82 Å². The van der Waals surface area contributed by atoms with Gasteiger partial charge in [0.1, 0.15) is 12.1 Å². The molecule has 0 saturated heterocycles. The molecular weight excluding hydrogens is 228 g/mol. The summed E-state index contributed by atoms with van der Waals surface area (Å²) in [5.41, 5.74) is 7.47. The fraction of sp³-hybridized carbons (Fsp3) is 0.0833. The Kier molecular flexibility index (Phi) is 2.33. The summed E-state index contributed by atoms with van der Waals surface area (Å²) >= 11 is 0. The van der Waals surface area contributed by atoms with Crippen LogP contribution in [0.25, 0.3) is 17.1 Å². The Morgan fingerprint density at radius 3 is 2.72 bits per heavy atom. The van der Waals surface area contributed by atoms with E-state index in [2.05, 4.69) is 15.1 Å². The van der Waals surface area contributed by atoms with Crippen molar-refractivity contribution in [3.63, 3.8) is 0 Å². The minimum atomic E-state index is 0.502. The summed E-state index contributed by atoms with van der Waals surface area (Å²) in [6, 6.07) is 5.61. The lowest BCUT2D eigenvalue weighted by Gasteiger charge is -2.04. The number of aromatic nitrogens is 5. The Balaban J connectivity index is 2.09. The van der Waals surface area contributed by atoms with Crippen LogP contribution in [0.1, 0.15) is 0 Å². The number of hydrogen-bond acceptors (Lipinski definition) is 4. The van der Waals surface area contributed by atoms with E-state index in [0.717, 1.165) is 17.1 Å². The molecule has 6 nitrogen and oxygen atoms in total. The van der Waals surface area contributed by atoms with E-state index in [1.54, 1.807) is 29.5 Å². The monoisotopic (exact) mass is 240 g/mol. The van der Waals surface area contributed by atoms with Crippen molar-refractivity contribution in [3.8, 4) is 17.1 Å². The van der Waals surface area contributed by atoms with Crippen LogP contribution in [0, 0.1) is 0 Å². The summed E-state index contributed by atoms with van der Waals surface area (Å²) < 4.78 is 3.66. The normalized spacial score (nSPS) is 10.7. The summed E-state index contributed by atoms with van der Waals surface area (Å²) in [6.07, 6.45) is 7.13. The van der Waals surface area contributed by atoms with Crippen molar-refractivity contribution in [1.82, 2.24) is 24.3 Å². The molecule has 18 heavy (non-hydrogen) atoms. The van der Waals surface area contributed by atoms with Crippen LogP contribution >= 0.6 is 0 Å². The second kappa shape index (κ2) is 3.99. The van der Waals surface area contributed by atoms with E-state index in [1.807, 2.05) is 29.9 Å². The zero-order chi connectivity index (χ0) is 12.5. The van der Waals surface area contributed by atoms with Gasteiger partial charge in [0.15, 0.2) is 5.82 Å². The molecule has 0 fully saturated rings. The van der Waals surface area contributed by atoms with Crippen molar-refractivity contribution in [3.05, 3.63) is 43.1 Å². The summed E-state index contributed by atoms with van der Waals surface area (Å²) in [5, 5.41) is 4.35. The topological polar surface area (TPSA) is 74.5 Å². The number of imidazole rings is 1. The quantitative estimate of drug-likeness (QED) is 0.731. The van der Waals surface area contributed by atoms with E-state index in [0.29, 0.717) is 5.82 Å². The number of nitrogens with zero attached hydrogens (tertiary/aromatic N) is 5. The van der Waals surface area contributed by atoms with Crippen LogP contribution < -0.4 is 5.73 Å². The fourth-order valence-corrected chi connectivity index (χ4v) is 1.78. The van der Waals surface area contributed by atoms with Gasteiger partial charge in [0, 0.05) is 31.1 Å². The van der Waals surface area contributed by atoms with Crippen LogP contribution in [0.2, 0.25) is 0 Å². The molecule has 90 valence electrons. The first-order chi connectivity index (χ1) is 8.74. The number of aryl methyl sites for hydroxylation is 1. The first-order valence-electron chi connectivity index (χ1n) is 5.48. The molecule has 3 aromatic heterocycles. The second-order valence-electron chi connectivity index (χ2n) is 3.97. The molecule has 0 aliphatic rings. The third kappa shape index (κ3) is 1.73. The van der Waals surface area contributed by atoms with Gasteiger partial charge in [-0.2, -0.15) is 5.10 Å². The maximum absolute atomic E-state index is 5.58. The molecule has 0 radical (unpaired) electrons. The van der Waals surface area contributed by atoms with Gasteiger partial charge in [-0.05, 0) is 12.1 Å². The Labute approximate surface area is 104 Å². The summed E-state index contributed by atoms with van der Waals surface area (Å²) in [6.45, 7) is 0. The highest BCUT2D eigenvalue weighted by atomic mass is 15.3. The van der Waals surface area contributed by atoms with Gasteiger partial charge in [-0.15, -0.1) is 0 Å². The van der Waals surface area contributed by atoms with E-state index in [4.69, 9.17) is 5.73 Å². The Morgan fingerprint density at radius 2 is 2.06 bits per heavy atom. The SMILES string of the molecule is Cn1ccc(-n2cncc2-c2ccc(N)nc2)n1. The lowest BCUT2D eigenvalue weighted by atomic mass is 10.2. The third-order valence-electron chi connectivity index (χ3n) is 2.67. The van der Waals surface area contributed by atoms with Crippen molar-refractivity contribution < 1.29 is 0 Å². The molecule has 0 aliphatic heterocycles. The van der Waals surface area contributed by atoms with Gasteiger partial charge in [0.2, 0.25) is 0 Å². The summed E-state index contributed by atoms with van der Waals surface area (Å²) in [7, 11) is 1.88. The van der Waals surface area contributed by atoms with E-state index >= 15 is 0 Å². The summed E-state index contributed by atoms with van der Waals surface area (Å²) in [4.78, 5) is 8.25. The number of rotatable bonds is 2. The largest absolute Gasteiger partial charge is 0.384 e. The smallest absolute Gasteiger partial charge is 0.160 e. The van der Waals surface area contributed by atoms with Crippen molar-refractivity contribution in [2.75, 3.05) is 5.73 Å². The van der Waals surface area contributed by atoms with Crippen LogP contribution in [-0.2, 0) is 7.05 Å². The van der Waals surface area contributed by atoms with E-state index in [-0.39, 0.29) is 0 Å². The van der Waals surface area contributed by atoms with Crippen LogP contribution in [0.3, 0.4) is 0 Å². The number of pyridine rings is 1. The van der Waals surface area contributed by atoms with E-state index < -0.39 is 0 Å². The maximum Gasteiger partial charge on any atom is 0.160 e. The van der Waals surface area contributed by atoms with Gasteiger partial charge in [0.25, 0.3) is 0 Å². The molecule has 0 spiro atoms. The van der Waals surface area contributed by atoms with E-state index in [1.165, 1.54) is 0 Å². The molecule has 0 saturated carbocycles. The molecule has 3 heterocycles. The van der Waals surface area contributed by atoms with Crippen LogP contribution in [0.5, 0.6) is 0 Å². The molecule has 3 rings (SSSR count). The molecule has 0 aliphatic carbocycles. The average molecular weight is 240 g/mol. The van der Waals surface area contributed by atoms with Gasteiger partial charge in [-0.25, -0.2) is 9.97 Å². The van der Waals surface area contributed by atoms with Crippen molar-refractivity contribution in [2.24, 2.45) is 7.05 Å². The van der Waals surface area contributed by atoms with Crippen molar-refractivity contribution in [1.29, 1.82) is 0 Å². The van der Waals surface area contributed by atoms with Gasteiger partial charge in [0.05, 0.1) is 11.9 Å². The Hall–Kier alpha value is -2.63. The van der Waals surface area contributed by atoms with Crippen LogP contribution in [-0.4, -0.2) is 24.3 Å².